The third-order valence-corrected chi connectivity index (χ3v) is 1.72. The van der Waals surface area contributed by atoms with Crippen LogP contribution in [-0.2, 0) is 9.53 Å². The Bertz CT molecular complexity index is 149. The predicted molar refractivity (Wildman–Crippen MR) is 39.0 cm³/mol. The zero-order valence-corrected chi connectivity index (χ0v) is 6.54. The van der Waals surface area contributed by atoms with Gasteiger partial charge in [0, 0.05) is 6.54 Å². The van der Waals surface area contributed by atoms with Crippen LogP contribution in [0.5, 0.6) is 0 Å². The number of rotatable bonds is 2. The number of nitrogens with one attached hydrogen (secondary N) is 1. The molecule has 1 rings (SSSR count). The third kappa shape index (κ3) is 1.91. The molecule has 1 heterocycles. The van der Waals surface area contributed by atoms with Crippen LogP contribution in [0.2, 0.25) is 0 Å². The molecule has 2 unspecified atom stereocenters. The summed E-state index contributed by atoms with van der Waals surface area (Å²) < 4.78 is 5.08. The number of aliphatic hydroxyl groups is 1. The van der Waals surface area contributed by atoms with Crippen LogP contribution in [0.15, 0.2) is 0 Å². The summed E-state index contributed by atoms with van der Waals surface area (Å²) in [4.78, 5) is 11.0. The van der Waals surface area contributed by atoms with E-state index in [1.54, 1.807) is 0 Å². The minimum Gasteiger partial charge on any atom is -0.390 e. The molecular formula is C7H13NO3. The van der Waals surface area contributed by atoms with Crippen molar-refractivity contribution < 1.29 is 14.6 Å². The van der Waals surface area contributed by atoms with Gasteiger partial charge in [-0.15, -0.1) is 0 Å². The summed E-state index contributed by atoms with van der Waals surface area (Å²) in [6.07, 6.45) is -0.790. The summed E-state index contributed by atoms with van der Waals surface area (Å²) in [5, 5.41) is 11.9. The van der Waals surface area contributed by atoms with Gasteiger partial charge in [-0.3, -0.25) is 4.79 Å². The molecule has 0 bridgehead atoms. The van der Waals surface area contributed by atoms with E-state index in [0.717, 1.165) is 0 Å². The van der Waals surface area contributed by atoms with Gasteiger partial charge in [0.2, 0.25) is 0 Å². The Labute approximate surface area is 65.5 Å². The maximum absolute atomic E-state index is 11.0. The molecule has 2 N–H and O–H groups in total. The Kier molecular flexibility index (Phi) is 2.84. The molecular weight excluding hydrogens is 146 g/mol. The molecule has 1 saturated heterocycles. The first-order valence-electron chi connectivity index (χ1n) is 3.83. The van der Waals surface area contributed by atoms with Crippen LogP contribution in [0, 0.1) is 0 Å². The Balaban J connectivity index is 2.47. The number of carbonyl (C=O) groups is 1. The molecule has 0 aromatic heterocycles. The molecule has 1 fully saturated rings. The van der Waals surface area contributed by atoms with Gasteiger partial charge in [0.05, 0.1) is 12.7 Å². The molecule has 0 aliphatic carbocycles. The molecule has 0 aromatic rings. The number of ether oxygens (including phenoxy) is 1. The van der Waals surface area contributed by atoms with Crippen molar-refractivity contribution in [1.29, 1.82) is 0 Å². The van der Waals surface area contributed by atoms with Crippen LogP contribution in [0.3, 0.4) is 0 Å². The zero-order valence-electron chi connectivity index (χ0n) is 6.54. The number of morpholine rings is 1. The predicted octanol–water partition coefficient (Wildman–Crippen LogP) is -0.728. The molecule has 4 heteroatoms. The van der Waals surface area contributed by atoms with Crippen molar-refractivity contribution >= 4 is 5.91 Å². The van der Waals surface area contributed by atoms with Gasteiger partial charge >= 0.3 is 0 Å². The molecule has 1 amide bonds. The molecule has 0 aromatic carbocycles. The summed E-state index contributed by atoms with van der Waals surface area (Å²) >= 11 is 0. The lowest BCUT2D eigenvalue weighted by Gasteiger charge is -2.25. The Hall–Kier alpha value is -0.610. The average Bonchev–Trinajstić information content (AvgIpc) is 2.04. The van der Waals surface area contributed by atoms with Gasteiger partial charge in [-0.1, -0.05) is 6.92 Å². The highest BCUT2D eigenvalue weighted by Gasteiger charge is 2.28. The van der Waals surface area contributed by atoms with Crippen molar-refractivity contribution in [3.63, 3.8) is 0 Å². The molecule has 2 atom stereocenters. The largest absolute Gasteiger partial charge is 0.390 e. The SMILES string of the molecule is CCC(O)C1OCCNC1=O. The van der Waals surface area contributed by atoms with Crippen LogP contribution in [0.1, 0.15) is 13.3 Å². The molecule has 4 nitrogen and oxygen atoms in total. The van der Waals surface area contributed by atoms with Crippen molar-refractivity contribution in [3.8, 4) is 0 Å². The molecule has 1 aliphatic heterocycles. The lowest BCUT2D eigenvalue weighted by molar-refractivity contribution is -0.146. The van der Waals surface area contributed by atoms with E-state index < -0.39 is 12.2 Å². The summed E-state index contributed by atoms with van der Waals surface area (Å²) in [7, 11) is 0. The maximum atomic E-state index is 11.0. The second kappa shape index (κ2) is 3.69. The molecule has 64 valence electrons. The minimum absolute atomic E-state index is 0.203. The first kappa shape index (κ1) is 8.49. The molecule has 0 spiro atoms. The quantitative estimate of drug-likeness (QED) is 0.558. The van der Waals surface area contributed by atoms with E-state index >= 15 is 0 Å². The van der Waals surface area contributed by atoms with E-state index in [0.29, 0.717) is 19.6 Å². The van der Waals surface area contributed by atoms with Gasteiger partial charge in [-0.25, -0.2) is 0 Å². The van der Waals surface area contributed by atoms with Crippen molar-refractivity contribution in [2.24, 2.45) is 0 Å². The van der Waals surface area contributed by atoms with Crippen molar-refractivity contribution in [2.45, 2.75) is 25.6 Å². The highest BCUT2D eigenvalue weighted by Crippen LogP contribution is 2.06. The topological polar surface area (TPSA) is 58.6 Å². The van der Waals surface area contributed by atoms with Crippen LogP contribution in [-0.4, -0.2) is 36.4 Å². The van der Waals surface area contributed by atoms with E-state index in [1.807, 2.05) is 6.92 Å². The average molecular weight is 159 g/mol. The van der Waals surface area contributed by atoms with Gasteiger partial charge in [0.25, 0.3) is 5.91 Å². The second-order valence-electron chi connectivity index (χ2n) is 2.56. The third-order valence-electron chi connectivity index (χ3n) is 1.72. The highest BCUT2D eigenvalue weighted by atomic mass is 16.5. The monoisotopic (exact) mass is 159 g/mol. The van der Waals surface area contributed by atoms with E-state index in [4.69, 9.17) is 4.74 Å². The molecule has 0 radical (unpaired) electrons. The van der Waals surface area contributed by atoms with Crippen molar-refractivity contribution in [3.05, 3.63) is 0 Å². The van der Waals surface area contributed by atoms with Gasteiger partial charge in [-0.05, 0) is 6.42 Å². The van der Waals surface area contributed by atoms with E-state index in [-0.39, 0.29) is 5.91 Å². The standard InChI is InChI=1S/C7H13NO3/c1-2-5(9)6-7(10)8-3-4-11-6/h5-6,9H,2-4H2,1H3,(H,8,10). The fourth-order valence-corrected chi connectivity index (χ4v) is 1.04. The first-order valence-corrected chi connectivity index (χ1v) is 3.83. The lowest BCUT2D eigenvalue weighted by Crippen LogP contribution is -2.49. The Morgan fingerprint density at radius 2 is 2.64 bits per heavy atom. The normalized spacial score (nSPS) is 27.8. The number of hydrogen-bond acceptors (Lipinski definition) is 3. The first-order chi connectivity index (χ1) is 5.25. The fraction of sp³-hybridized carbons (Fsp3) is 0.857. The number of amides is 1. The lowest BCUT2D eigenvalue weighted by atomic mass is 10.1. The van der Waals surface area contributed by atoms with Crippen LogP contribution in [0.4, 0.5) is 0 Å². The van der Waals surface area contributed by atoms with Crippen LogP contribution < -0.4 is 5.32 Å². The molecule has 0 saturated carbocycles. The Morgan fingerprint density at radius 1 is 1.91 bits per heavy atom. The fourth-order valence-electron chi connectivity index (χ4n) is 1.04. The molecule has 1 aliphatic rings. The number of hydrogen-bond donors (Lipinski definition) is 2. The van der Waals surface area contributed by atoms with Gasteiger partial charge in [0.1, 0.15) is 0 Å². The summed E-state index contributed by atoms with van der Waals surface area (Å²) in [6, 6.07) is 0. The smallest absolute Gasteiger partial charge is 0.251 e. The Morgan fingerprint density at radius 3 is 3.18 bits per heavy atom. The summed E-state index contributed by atoms with van der Waals surface area (Å²) in [6.45, 7) is 2.86. The highest BCUT2D eigenvalue weighted by molar-refractivity contribution is 5.81. The van der Waals surface area contributed by atoms with E-state index in [2.05, 4.69) is 5.32 Å². The van der Waals surface area contributed by atoms with E-state index in [9.17, 15) is 9.90 Å². The summed E-state index contributed by atoms with van der Waals surface area (Å²) in [5.74, 6) is -0.203. The van der Waals surface area contributed by atoms with E-state index in [1.165, 1.54) is 0 Å². The van der Waals surface area contributed by atoms with Crippen LogP contribution >= 0.6 is 0 Å². The van der Waals surface area contributed by atoms with Gasteiger partial charge in [-0.2, -0.15) is 0 Å². The number of aliphatic hydroxyl groups excluding tert-OH is 1. The number of carbonyl (C=O) groups excluding carboxylic acids is 1. The second-order valence-corrected chi connectivity index (χ2v) is 2.56. The molecule has 11 heavy (non-hydrogen) atoms. The van der Waals surface area contributed by atoms with Crippen molar-refractivity contribution in [1.82, 2.24) is 5.32 Å². The summed E-state index contributed by atoms with van der Waals surface area (Å²) in [5.41, 5.74) is 0. The van der Waals surface area contributed by atoms with Crippen molar-refractivity contribution in [2.75, 3.05) is 13.2 Å². The minimum atomic E-state index is -0.671. The van der Waals surface area contributed by atoms with Gasteiger partial charge in [0.15, 0.2) is 6.10 Å². The zero-order chi connectivity index (χ0) is 8.27. The maximum Gasteiger partial charge on any atom is 0.251 e. The van der Waals surface area contributed by atoms with Crippen LogP contribution in [0.25, 0.3) is 0 Å². The van der Waals surface area contributed by atoms with Gasteiger partial charge < -0.3 is 15.2 Å².